The summed E-state index contributed by atoms with van der Waals surface area (Å²) in [5.41, 5.74) is 2.17. The monoisotopic (exact) mass is 358 g/mol. The van der Waals surface area contributed by atoms with E-state index >= 15 is 0 Å². The van der Waals surface area contributed by atoms with Crippen LogP contribution in [0, 0.1) is 0 Å². The molecular weight excluding hydrogens is 344 g/mol. The van der Waals surface area contributed by atoms with E-state index < -0.39 is 0 Å². The Balaban J connectivity index is 2.04. The summed E-state index contributed by atoms with van der Waals surface area (Å²) in [6.45, 7) is 3.86. The van der Waals surface area contributed by atoms with Gasteiger partial charge in [-0.1, -0.05) is 34.1 Å². The number of aromatic nitrogens is 3. The van der Waals surface area contributed by atoms with Crippen molar-refractivity contribution in [1.82, 2.24) is 19.9 Å². The molecule has 3 aromatic rings. The lowest BCUT2D eigenvalue weighted by Gasteiger charge is -2.08. The molecule has 2 heterocycles. The van der Waals surface area contributed by atoms with Gasteiger partial charge in [-0.2, -0.15) is 0 Å². The first-order valence-electron chi connectivity index (χ1n) is 6.97. The van der Waals surface area contributed by atoms with Gasteiger partial charge in [-0.25, -0.2) is 0 Å². The van der Waals surface area contributed by atoms with Crippen molar-refractivity contribution >= 4 is 27.5 Å². The van der Waals surface area contributed by atoms with Crippen molar-refractivity contribution in [1.29, 1.82) is 0 Å². The van der Waals surface area contributed by atoms with Gasteiger partial charge in [0.2, 0.25) is 0 Å². The summed E-state index contributed by atoms with van der Waals surface area (Å²) in [7, 11) is 0. The van der Waals surface area contributed by atoms with Gasteiger partial charge in [0.05, 0.1) is 0 Å². The Bertz CT molecular complexity index is 841. The molecular formula is C16H15BrN4O. The third kappa shape index (κ3) is 2.74. The molecule has 22 heavy (non-hydrogen) atoms. The molecule has 0 aliphatic carbocycles. The maximum absolute atomic E-state index is 12.1. The third-order valence-electron chi connectivity index (χ3n) is 3.21. The minimum absolute atomic E-state index is 0.0948. The molecule has 0 saturated heterocycles. The molecule has 0 aliphatic heterocycles. The van der Waals surface area contributed by atoms with Gasteiger partial charge in [0.15, 0.2) is 11.5 Å². The number of pyridine rings is 1. The molecule has 0 saturated carbocycles. The predicted octanol–water partition coefficient (Wildman–Crippen LogP) is 3.30. The highest BCUT2D eigenvalue weighted by Crippen LogP contribution is 2.26. The molecule has 5 nitrogen and oxygen atoms in total. The molecule has 0 spiro atoms. The number of benzene rings is 1. The van der Waals surface area contributed by atoms with Crippen molar-refractivity contribution in [3.8, 4) is 11.4 Å². The smallest absolute Gasteiger partial charge is 0.251 e. The zero-order valence-corrected chi connectivity index (χ0v) is 13.8. The van der Waals surface area contributed by atoms with Crippen LogP contribution in [0.2, 0.25) is 0 Å². The van der Waals surface area contributed by atoms with Crippen LogP contribution in [0.1, 0.15) is 24.2 Å². The van der Waals surface area contributed by atoms with Crippen LogP contribution in [-0.2, 0) is 0 Å². The van der Waals surface area contributed by atoms with E-state index in [9.17, 15) is 4.79 Å². The van der Waals surface area contributed by atoms with Crippen LogP contribution in [-0.4, -0.2) is 26.5 Å². The lowest BCUT2D eigenvalue weighted by atomic mass is 10.2. The molecule has 1 N–H and O–H groups in total. The van der Waals surface area contributed by atoms with E-state index in [2.05, 4.69) is 31.4 Å². The Morgan fingerprint density at radius 2 is 2.00 bits per heavy atom. The van der Waals surface area contributed by atoms with Crippen LogP contribution in [0.4, 0.5) is 0 Å². The van der Waals surface area contributed by atoms with Gasteiger partial charge < -0.3 is 5.32 Å². The normalized spacial score (nSPS) is 11.1. The van der Waals surface area contributed by atoms with E-state index in [1.165, 1.54) is 0 Å². The third-order valence-corrected chi connectivity index (χ3v) is 3.90. The largest absolute Gasteiger partial charge is 0.350 e. The highest BCUT2D eigenvalue weighted by molar-refractivity contribution is 9.10. The Morgan fingerprint density at radius 1 is 1.23 bits per heavy atom. The lowest BCUT2D eigenvalue weighted by Crippen LogP contribution is -2.30. The van der Waals surface area contributed by atoms with Gasteiger partial charge in [0.25, 0.3) is 5.91 Å². The van der Waals surface area contributed by atoms with Gasteiger partial charge in [0.1, 0.15) is 0 Å². The average molecular weight is 359 g/mol. The summed E-state index contributed by atoms with van der Waals surface area (Å²) < 4.78 is 2.82. The average Bonchev–Trinajstić information content (AvgIpc) is 2.90. The summed E-state index contributed by atoms with van der Waals surface area (Å²) in [5, 5.41) is 11.3. The van der Waals surface area contributed by atoms with Gasteiger partial charge >= 0.3 is 0 Å². The molecule has 3 rings (SSSR count). The van der Waals surface area contributed by atoms with Crippen LogP contribution in [0.3, 0.4) is 0 Å². The molecule has 112 valence electrons. The first-order valence-corrected chi connectivity index (χ1v) is 7.76. The van der Waals surface area contributed by atoms with Crippen molar-refractivity contribution in [2.24, 2.45) is 0 Å². The summed E-state index contributed by atoms with van der Waals surface area (Å²) in [4.78, 5) is 12.1. The Morgan fingerprint density at radius 3 is 2.73 bits per heavy atom. The number of hydrogen-bond acceptors (Lipinski definition) is 3. The van der Waals surface area contributed by atoms with Crippen molar-refractivity contribution in [3.63, 3.8) is 0 Å². The number of halogens is 1. The fourth-order valence-corrected chi connectivity index (χ4v) is 2.67. The zero-order valence-electron chi connectivity index (χ0n) is 12.2. The van der Waals surface area contributed by atoms with E-state index in [-0.39, 0.29) is 11.9 Å². The SMILES string of the molecule is CC(C)NC(=O)c1ccn2c(-c3ccccc3Br)nnc2c1. The molecule has 1 aromatic carbocycles. The molecule has 1 amide bonds. The highest BCUT2D eigenvalue weighted by Gasteiger charge is 2.13. The lowest BCUT2D eigenvalue weighted by molar-refractivity contribution is 0.0943. The van der Waals surface area contributed by atoms with Gasteiger partial charge in [-0.05, 0) is 32.0 Å². The van der Waals surface area contributed by atoms with Crippen molar-refractivity contribution in [2.45, 2.75) is 19.9 Å². The molecule has 0 atom stereocenters. The van der Waals surface area contributed by atoms with Crippen LogP contribution in [0.15, 0.2) is 47.1 Å². The van der Waals surface area contributed by atoms with Gasteiger partial charge in [0, 0.05) is 27.8 Å². The van der Waals surface area contributed by atoms with Crippen LogP contribution >= 0.6 is 15.9 Å². The second kappa shape index (κ2) is 5.88. The standard InChI is InChI=1S/C16H15BrN4O/c1-10(2)18-16(22)11-7-8-21-14(9-11)19-20-15(21)12-5-3-4-6-13(12)17/h3-10H,1-2H3,(H,18,22). The number of rotatable bonds is 3. The van der Waals surface area contributed by atoms with Crippen molar-refractivity contribution in [3.05, 3.63) is 52.6 Å². The maximum atomic E-state index is 12.1. The number of nitrogens with zero attached hydrogens (tertiary/aromatic N) is 3. The van der Waals surface area contributed by atoms with E-state index in [4.69, 9.17) is 0 Å². The Labute approximate surface area is 136 Å². The number of hydrogen-bond donors (Lipinski definition) is 1. The van der Waals surface area contributed by atoms with E-state index in [0.29, 0.717) is 11.2 Å². The second-order valence-electron chi connectivity index (χ2n) is 5.28. The van der Waals surface area contributed by atoms with Crippen molar-refractivity contribution in [2.75, 3.05) is 0 Å². The fourth-order valence-electron chi connectivity index (χ4n) is 2.20. The molecule has 6 heteroatoms. The zero-order chi connectivity index (χ0) is 15.7. The van der Waals surface area contributed by atoms with Gasteiger partial charge in [-0.15, -0.1) is 10.2 Å². The summed E-state index contributed by atoms with van der Waals surface area (Å²) >= 11 is 3.52. The summed E-state index contributed by atoms with van der Waals surface area (Å²) in [6.07, 6.45) is 1.82. The molecule has 0 unspecified atom stereocenters. The van der Waals surface area contributed by atoms with E-state index in [1.807, 2.05) is 48.7 Å². The summed E-state index contributed by atoms with van der Waals surface area (Å²) in [5.74, 6) is 0.626. The number of amides is 1. The first-order chi connectivity index (χ1) is 10.6. The quantitative estimate of drug-likeness (QED) is 0.781. The topological polar surface area (TPSA) is 59.3 Å². The van der Waals surface area contributed by atoms with Crippen molar-refractivity contribution < 1.29 is 4.79 Å². The van der Waals surface area contributed by atoms with Crippen LogP contribution in [0.5, 0.6) is 0 Å². The van der Waals surface area contributed by atoms with Crippen LogP contribution < -0.4 is 5.32 Å². The number of nitrogens with one attached hydrogen (secondary N) is 1. The number of fused-ring (bicyclic) bond motifs is 1. The van der Waals surface area contributed by atoms with E-state index in [1.54, 1.807) is 12.1 Å². The maximum Gasteiger partial charge on any atom is 0.251 e. The minimum Gasteiger partial charge on any atom is -0.350 e. The predicted molar refractivity (Wildman–Crippen MR) is 88.7 cm³/mol. The molecule has 0 radical (unpaired) electrons. The van der Waals surface area contributed by atoms with E-state index in [0.717, 1.165) is 15.9 Å². The number of carbonyl (C=O) groups excluding carboxylic acids is 1. The molecule has 0 fully saturated rings. The molecule has 2 aromatic heterocycles. The Hall–Kier alpha value is -2.21. The Kier molecular flexibility index (Phi) is 3.94. The fraction of sp³-hybridized carbons (Fsp3) is 0.188. The highest BCUT2D eigenvalue weighted by atomic mass is 79.9. The minimum atomic E-state index is -0.108. The molecule has 0 aliphatic rings. The first kappa shape index (κ1) is 14.7. The van der Waals surface area contributed by atoms with Crippen LogP contribution in [0.25, 0.3) is 17.0 Å². The summed E-state index contributed by atoms with van der Waals surface area (Å²) in [6, 6.07) is 11.4. The van der Waals surface area contributed by atoms with Gasteiger partial charge in [-0.3, -0.25) is 9.20 Å². The molecule has 0 bridgehead atoms. The second-order valence-corrected chi connectivity index (χ2v) is 6.13. The number of carbonyl (C=O) groups is 1.